The minimum absolute atomic E-state index is 0.0289. The topological polar surface area (TPSA) is 61.9 Å². The SMILES string of the molecule is COCCCNC(=O)[C@H](C1CCCC1)N1CCN(C(=O)C2CCCC2)CC1. The lowest BCUT2D eigenvalue weighted by Crippen LogP contribution is -2.58. The summed E-state index contributed by atoms with van der Waals surface area (Å²) in [5, 5.41) is 3.13. The molecular formula is C21H37N3O3. The minimum Gasteiger partial charge on any atom is -0.385 e. The summed E-state index contributed by atoms with van der Waals surface area (Å²) >= 11 is 0. The van der Waals surface area contributed by atoms with Crippen LogP contribution in [0.5, 0.6) is 0 Å². The number of carbonyl (C=O) groups is 2. The van der Waals surface area contributed by atoms with E-state index in [1.54, 1.807) is 7.11 Å². The Hall–Kier alpha value is -1.14. The maximum Gasteiger partial charge on any atom is 0.237 e. The van der Waals surface area contributed by atoms with E-state index in [2.05, 4.69) is 15.1 Å². The van der Waals surface area contributed by atoms with Crippen molar-refractivity contribution in [3.63, 3.8) is 0 Å². The fraction of sp³-hybridized carbons (Fsp3) is 0.905. The van der Waals surface area contributed by atoms with E-state index >= 15 is 0 Å². The lowest BCUT2D eigenvalue weighted by molar-refractivity contribution is -0.138. The Balaban J connectivity index is 1.53. The van der Waals surface area contributed by atoms with E-state index in [0.717, 1.165) is 58.3 Å². The van der Waals surface area contributed by atoms with Crippen LogP contribution in [-0.4, -0.2) is 74.1 Å². The summed E-state index contributed by atoms with van der Waals surface area (Å²) in [5.74, 6) is 1.25. The predicted octanol–water partition coefficient (Wildman–Crippen LogP) is 2.03. The molecule has 1 N–H and O–H groups in total. The third-order valence-electron chi connectivity index (χ3n) is 6.66. The lowest BCUT2D eigenvalue weighted by atomic mass is 9.94. The van der Waals surface area contributed by atoms with Gasteiger partial charge in [-0.2, -0.15) is 0 Å². The number of methoxy groups -OCH3 is 1. The number of amides is 2. The highest BCUT2D eigenvalue weighted by atomic mass is 16.5. The zero-order chi connectivity index (χ0) is 19.1. The Kier molecular flexibility index (Phi) is 7.94. The number of rotatable bonds is 8. The zero-order valence-corrected chi connectivity index (χ0v) is 17.0. The van der Waals surface area contributed by atoms with Gasteiger partial charge in [0.15, 0.2) is 0 Å². The van der Waals surface area contributed by atoms with Crippen molar-refractivity contribution in [2.24, 2.45) is 11.8 Å². The molecule has 3 fully saturated rings. The van der Waals surface area contributed by atoms with Crippen LogP contribution in [0.3, 0.4) is 0 Å². The molecule has 3 rings (SSSR count). The molecule has 3 aliphatic rings. The number of carbonyl (C=O) groups excluding carboxylic acids is 2. The summed E-state index contributed by atoms with van der Waals surface area (Å²) in [6.07, 6.45) is 10.1. The van der Waals surface area contributed by atoms with Gasteiger partial charge in [0.1, 0.15) is 0 Å². The van der Waals surface area contributed by atoms with E-state index in [0.29, 0.717) is 25.0 Å². The largest absolute Gasteiger partial charge is 0.385 e. The minimum atomic E-state index is -0.0289. The number of hydrogen-bond donors (Lipinski definition) is 1. The zero-order valence-electron chi connectivity index (χ0n) is 17.0. The van der Waals surface area contributed by atoms with Crippen LogP contribution in [0.2, 0.25) is 0 Å². The van der Waals surface area contributed by atoms with Crippen molar-refractivity contribution in [3.8, 4) is 0 Å². The molecule has 6 heteroatoms. The highest BCUT2D eigenvalue weighted by Crippen LogP contribution is 2.32. The Morgan fingerprint density at radius 3 is 2.26 bits per heavy atom. The van der Waals surface area contributed by atoms with Crippen LogP contribution < -0.4 is 5.32 Å². The Morgan fingerprint density at radius 2 is 1.63 bits per heavy atom. The summed E-state index contributed by atoms with van der Waals surface area (Å²) < 4.78 is 5.08. The predicted molar refractivity (Wildman–Crippen MR) is 105 cm³/mol. The van der Waals surface area contributed by atoms with Crippen molar-refractivity contribution in [2.45, 2.75) is 63.8 Å². The van der Waals surface area contributed by atoms with Crippen molar-refractivity contribution < 1.29 is 14.3 Å². The molecule has 0 spiro atoms. The number of hydrogen-bond acceptors (Lipinski definition) is 4. The van der Waals surface area contributed by atoms with Gasteiger partial charge in [-0.05, 0) is 38.0 Å². The molecule has 2 amide bonds. The Morgan fingerprint density at radius 1 is 1.00 bits per heavy atom. The molecule has 2 saturated carbocycles. The first-order valence-corrected chi connectivity index (χ1v) is 11.0. The molecule has 1 atom stereocenters. The molecule has 0 bridgehead atoms. The van der Waals surface area contributed by atoms with E-state index < -0.39 is 0 Å². The smallest absolute Gasteiger partial charge is 0.237 e. The fourth-order valence-electron chi connectivity index (χ4n) is 5.14. The highest BCUT2D eigenvalue weighted by molar-refractivity contribution is 5.82. The van der Waals surface area contributed by atoms with Gasteiger partial charge in [-0.25, -0.2) is 0 Å². The van der Waals surface area contributed by atoms with Gasteiger partial charge in [0.2, 0.25) is 11.8 Å². The molecule has 1 heterocycles. The van der Waals surface area contributed by atoms with Gasteiger partial charge >= 0.3 is 0 Å². The van der Waals surface area contributed by atoms with Gasteiger partial charge in [0.05, 0.1) is 6.04 Å². The van der Waals surface area contributed by atoms with Crippen LogP contribution in [0.4, 0.5) is 0 Å². The summed E-state index contributed by atoms with van der Waals surface area (Å²) in [7, 11) is 1.69. The molecule has 154 valence electrons. The summed E-state index contributed by atoms with van der Waals surface area (Å²) in [5.41, 5.74) is 0. The maximum absolute atomic E-state index is 12.9. The van der Waals surface area contributed by atoms with Crippen LogP contribution >= 0.6 is 0 Å². The summed E-state index contributed by atoms with van der Waals surface area (Å²) in [6.45, 7) is 4.55. The van der Waals surface area contributed by atoms with Gasteiger partial charge in [-0.3, -0.25) is 14.5 Å². The second-order valence-electron chi connectivity index (χ2n) is 8.47. The van der Waals surface area contributed by atoms with Crippen molar-refractivity contribution in [3.05, 3.63) is 0 Å². The van der Waals surface area contributed by atoms with Crippen molar-refractivity contribution in [1.82, 2.24) is 15.1 Å². The Bertz CT molecular complexity index is 479. The molecule has 0 radical (unpaired) electrons. The third kappa shape index (κ3) is 5.44. The number of piperazine rings is 1. The van der Waals surface area contributed by atoms with E-state index in [1.807, 2.05) is 0 Å². The quantitative estimate of drug-likeness (QED) is 0.656. The molecule has 1 saturated heterocycles. The molecule has 2 aliphatic carbocycles. The highest BCUT2D eigenvalue weighted by Gasteiger charge is 2.38. The van der Waals surface area contributed by atoms with Gasteiger partial charge < -0.3 is 15.0 Å². The van der Waals surface area contributed by atoms with Crippen LogP contribution in [0.1, 0.15) is 57.8 Å². The normalized spacial score (nSPS) is 23.7. The second kappa shape index (κ2) is 10.4. The lowest BCUT2D eigenvalue weighted by Gasteiger charge is -2.41. The van der Waals surface area contributed by atoms with E-state index in [1.165, 1.54) is 25.7 Å². The van der Waals surface area contributed by atoms with Crippen LogP contribution in [-0.2, 0) is 14.3 Å². The van der Waals surface area contributed by atoms with Gasteiger partial charge in [-0.1, -0.05) is 25.7 Å². The van der Waals surface area contributed by atoms with E-state index in [-0.39, 0.29) is 17.9 Å². The molecular weight excluding hydrogens is 342 g/mol. The second-order valence-corrected chi connectivity index (χ2v) is 8.47. The molecule has 0 aromatic carbocycles. The molecule has 0 aromatic heterocycles. The molecule has 0 unspecified atom stereocenters. The van der Waals surface area contributed by atoms with Crippen molar-refractivity contribution in [2.75, 3.05) is 46.4 Å². The first-order chi connectivity index (χ1) is 13.2. The average Bonchev–Trinajstić information content (AvgIpc) is 3.40. The van der Waals surface area contributed by atoms with Crippen LogP contribution in [0, 0.1) is 11.8 Å². The third-order valence-corrected chi connectivity index (χ3v) is 6.66. The Labute approximate surface area is 164 Å². The maximum atomic E-state index is 12.9. The van der Waals surface area contributed by atoms with Crippen molar-refractivity contribution >= 4 is 11.8 Å². The van der Waals surface area contributed by atoms with Crippen molar-refractivity contribution in [1.29, 1.82) is 0 Å². The fourth-order valence-corrected chi connectivity index (χ4v) is 5.14. The number of ether oxygens (including phenoxy) is 1. The number of nitrogens with one attached hydrogen (secondary N) is 1. The summed E-state index contributed by atoms with van der Waals surface area (Å²) in [4.78, 5) is 30.0. The number of nitrogens with zero attached hydrogens (tertiary/aromatic N) is 2. The van der Waals surface area contributed by atoms with Crippen LogP contribution in [0.15, 0.2) is 0 Å². The molecule has 1 aliphatic heterocycles. The van der Waals surface area contributed by atoms with E-state index in [9.17, 15) is 9.59 Å². The van der Waals surface area contributed by atoms with Gasteiger partial charge in [0, 0.05) is 52.4 Å². The van der Waals surface area contributed by atoms with Gasteiger partial charge in [-0.15, -0.1) is 0 Å². The molecule has 6 nitrogen and oxygen atoms in total. The standard InChI is InChI=1S/C21H37N3O3/c1-27-16-6-11-22-20(25)19(17-7-2-3-8-17)23-12-14-24(15-13-23)21(26)18-9-4-5-10-18/h17-19H,2-16H2,1H3,(H,22,25)/t19-/m0/s1. The summed E-state index contributed by atoms with van der Waals surface area (Å²) in [6, 6.07) is -0.0289. The first-order valence-electron chi connectivity index (χ1n) is 11.0. The molecule has 0 aromatic rings. The van der Waals surface area contributed by atoms with Crippen LogP contribution in [0.25, 0.3) is 0 Å². The first kappa shape index (κ1) is 20.6. The van der Waals surface area contributed by atoms with E-state index in [4.69, 9.17) is 4.74 Å². The monoisotopic (exact) mass is 379 g/mol. The molecule has 27 heavy (non-hydrogen) atoms. The van der Waals surface area contributed by atoms with Gasteiger partial charge in [0.25, 0.3) is 0 Å². The average molecular weight is 380 g/mol.